The smallest absolute Gasteiger partial charge is 0.329 e. The first-order valence-electron chi connectivity index (χ1n) is 6.86. The van der Waals surface area contributed by atoms with Gasteiger partial charge in [0.05, 0.1) is 6.04 Å². The predicted octanol–water partition coefficient (Wildman–Crippen LogP) is 0.888. The van der Waals surface area contributed by atoms with Gasteiger partial charge in [-0.2, -0.15) is 0 Å². The lowest BCUT2D eigenvalue weighted by atomic mass is 9.76. The summed E-state index contributed by atoms with van der Waals surface area (Å²) >= 11 is 0. The van der Waals surface area contributed by atoms with Crippen LogP contribution in [0.3, 0.4) is 0 Å². The number of carboxylic acid groups (broad SMARTS) is 1. The predicted molar refractivity (Wildman–Crippen MR) is 67.2 cm³/mol. The summed E-state index contributed by atoms with van der Waals surface area (Å²) in [5.74, 6) is -0.468. The molecule has 2 unspecified atom stereocenters. The van der Waals surface area contributed by atoms with Crippen LogP contribution < -0.4 is 10.6 Å². The van der Waals surface area contributed by atoms with E-state index in [-0.39, 0.29) is 11.9 Å². The third kappa shape index (κ3) is 2.51. The third-order valence-corrected chi connectivity index (χ3v) is 4.39. The lowest BCUT2D eigenvalue weighted by Gasteiger charge is -2.40. The Bertz CT molecular complexity index is 339. The number of nitrogens with one attached hydrogen (secondary N) is 2. The van der Waals surface area contributed by atoms with Crippen LogP contribution in [0.5, 0.6) is 0 Å². The van der Waals surface area contributed by atoms with E-state index >= 15 is 0 Å². The van der Waals surface area contributed by atoms with Crippen LogP contribution in [0, 0.1) is 5.92 Å². The summed E-state index contributed by atoms with van der Waals surface area (Å²) in [6.07, 6.45) is 4.98. The third-order valence-electron chi connectivity index (χ3n) is 4.39. The number of aliphatic carboxylic acids is 1. The molecule has 0 aromatic heterocycles. The van der Waals surface area contributed by atoms with Gasteiger partial charge in [-0.1, -0.05) is 13.3 Å². The van der Waals surface area contributed by atoms with Gasteiger partial charge in [0.15, 0.2) is 0 Å². The molecule has 2 aliphatic rings. The Hall–Kier alpha value is -1.10. The van der Waals surface area contributed by atoms with Crippen molar-refractivity contribution in [3.8, 4) is 0 Å². The molecule has 5 nitrogen and oxygen atoms in total. The number of hydrogen-bond donors (Lipinski definition) is 3. The van der Waals surface area contributed by atoms with Gasteiger partial charge in [0.2, 0.25) is 5.91 Å². The normalized spacial score (nSPS) is 30.3. The van der Waals surface area contributed by atoms with E-state index < -0.39 is 11.5 Å². The van der Waals surface area contributed by atoms with E-state index in [2.05, 4.69) is 17.6 Å². The molecule has 1 saturated carbocycles. The molecule has 2 rings (SSSR count). The van der Waals surface area contributed by atoms with E-state index in [1.807, 2.05) is 0 Å². The number of rotatable bonds is 4. The molecule has 1 saturated heterocycles. The Morgan fingerprint density at radius 1 is 1.44 bits per heavy atom. The molecule has 1 heterocycles. The molecule has 2 fully saturated rings. The number of carbonyl (C=O) groups is 2. The maximum absolute atomic E-state index is 12.1. The molecule has 0 aromatic rings. The number of amides is 1. The van der Waals surface area contributed by atoms with Crippen LogP contribution in [-0.4, -0.2) is 35.1 Å². The molecule has 5 heteroatoms. The van der Waals surface area contributed by atoms with Gasteiger partial charge in [0.25, 0.3) is 0 Å². The summed E-state index contributed by atoms with van der Waals surface area (Å²) in [6, 6.07) is -0.222. The highest BCUT2D eigenvalue weighted by Crippen LogP contribution is 2.32. The van der Waals surface area contributed by atoms with Crippen LogP contribution in [0.4, 0.5) is 0 Å². The summed E-state index contributed by atoms with van der Waals surface area (Å²) in [5.41, 5.74) is -0.988. The van der Waals surface area contributed by atoms with Gasteiger partial charge in [-0.25, -0.2) is 4.79 Å². The van der Waals surface area contributed by atoms with E-state index in [1.165, 1.54) is 0 Å². The fraction of sp³-hybridized carbons (Fsp3) is 0.846. The Balaban J connectivity index is 1.93. The van der Waals surface area contributed by atoms with E-state index in [4.69, 9.17) is 0 Å². The van der Waals surface area contributed by atoms with Crippen molar-refractivity contribution in [3.63, 3.8) is 0 Å². The zero-order chi connectivity index (χ0) is 13.2. The standard InChI is InChI=1S/C13H22N2O3/c1-2-9-4-7-14-10(8-9)11(16)15-13(12(17)18)5-3-6-13/h9-10,14H,2-8H2,1H3,(H,15,16)(H,17,18). The second-order valence-corrected chi connectivity index (χ2v) is 5.54. The van der Waals surface area contributed by atoms with Crippen molar-refractivity contribution in [2.24, 2.45) is 5.92 Å². The van der Waals surface area contributed by atoms with E-state index in [0.29, 0.717) is 18.8 Å². The topological polar surface area (TPSA) is 78.4 Å². The fourth-order valence-corrected chi connectivity index (χ4v) is 2.81. The monoisotopic (exact) mass is 254 g/mol. The van der Waals surface area contributed by atoms with Gasteiger partial charge in [-0.05, 0) is 44.6 Å². The molecule has 2 atom stereocenters. The molecule has 1 aliphatic heterocycles. The molecule has 1 aliphatic carbocycles. The molecule has 0 bridgehead atoms. The number of carboxylic acids is 1. The highest BCUT2D eigenvalue weighted by atomic mass is 16.4. The van der Waals surface area contributed by atoms with Crippen molar-refractivity contribution in [1.29, 1.82) is 0 Å². The minimum absolute atomic E-state index is 0.143. The number of hydrogen-bond acceptors (Lipinski definition) is 3. The maximum Gasteiger partial charge on any atom is 0.329 e. The van der Waals surface area contributed by atoms with Crippen LogP contribution >= 0.6 is 0 Å². The Morgan fingerprint density at radius 2 is 2.17 bits per heavy atom. The lowest BCUT2D eigenvalue weighted by molar-refractivity contribution is -0.152. The highest BCUT2D eigenvalue weighted by Gasteiger charge is 2.46. The lowest BCUT2D eigenvalue weighted by Crippen LogP contribution is -2.63. The summed E-state index contributed by atoms with van der Waals surface area (Å²) in [6.45, 7) is 2.98. The van der Waals surface area contributed by atoms with Crippen LogP contribution in [0.15, 0.2) is 0 Å². The van der Waals surface area contributed by atoms with Gasteiger partial charge in [-0.15, -0.1) is 0 Å². The molecule has 3 N–H and O–H groups in total. The van der Waals surface area contributed by atoms with Gasteiger partial charge in [-0.3, -0.25) is 4.79 Å². The Kier molecular flexibility index (Phi) is 3.90. The quantitative estimate of drug-likeness (QED) is 0.696. The van der Waals surface area contributed by atoms with E-state index in [0.717, 1.165) is 32.2 Å². The maximum atomic E-state index is 12.1. The Labute approximate surface area is 107 Å². The van der Waals surface area contributed by atoms with Crippen molar-refractivity contribution < 1.29 is 14.7 Å². The van der Waals surface area contributed by atoms with E-state index in [9.17, 15) is 14.7 Å². The first-order valence-corrected chi connectivity index (χ1v) is 6.86. The molecule has 0 radical (unpaired) electrons. The second-order valence-electron chi connectivity index (χ2n) is 5.54. The highest BCUT2D eigenvalue weighted by molar-refractivity contribution is 5.90. The molecular formula is C13H22N2O3. The van der Waals surface area contributed by atoms with Crippen molar-refractivity contribution >= 4 is 11.9 Å². The molecule has 1 amide bonds. The van der Waals surface area contributed by atoms with Crippen LogP contribution in [0.1, 0.15) is 45.4 Å². The van der Waals surface area contributed by atoms with Crippen molar-refractivity contribution in [1.82, 2.24) is 10.6 Å². The zero-order valence-electron chi connectivity index (χ0n) is 10.9. The Morgan fingerprint density at radius 3 is 2.67 bits per heavy atom. The first-order chi connectivity index (χ1) is 8.57. The summed E-state index contributed by atoms with van der Waals surface area (Å²) in [4.78, 5) is 23.3. The molecule has 0 spiro atoms. The molecular weight excluding hydrogens is 232 g/mol. The van der Waals surface area contributed by atoms with Crippen molar-refractivity contribution in [2.45, 2.75) is 57.0 Å². The summed E-state index contributed by atoms with van der Waals surface area (Å²) in [5, 5.41) is 15.1. The largest absolute Gasteiger partial charge is 0.480 e. The SMILES string of the molecule is CCC1CCNC(C(=O)NC2(C(=O)O)CCC2)C1. The van der Waals surface area contributed by atoms with Crippen LogP contribution in [-0.2, 0) is 9.59 Å². The minimum atomic E-state index is -0.988. The van der Waals surface area contributed by atoms with Gasteiger partial charge in [0, 0.05) is 0 Å². The van der Waals surface area contributed by atoms with Crippen LogP contribution in [0.25, 0.3) is 0 Å². The van der Waals surface area contributed by atoms with Gasteiger partial charge >= 0.3 is 5.97 Å². The van der Waals surface area contributed by atoms with E-state index in [1.54, 1.807) is 0 Å². The van der Waals surface area contributed by atoms with Gasteiger partial charge in [0.1, 0.15) is 5.54 Å². The number of piperidine rings is 1. The summed E-state index contributed by atoms with van der Waals surface area (Å²) < 4.78 is 0. The second kappa shape index (κ2) is 5.26. The van der Waals surface area contributed by atoms with Crippen molar-refractivity contribution in [3.05, 3.63) is 0 Å². The number of carbonyl (C=O) groups excluding carboxylic acids is 1. The van der Waals surface area contributed by atoms with Gasteiger partial charge < -0.3 is 15.7 Å². The molecule has 18 heavy (non-hydrogen) atoms. The molecule has 102 valence electrons. The average molecular weight is 254 g/mol. The first kappa shape index (κ1) is 13.3. The zero-order valence-corrected chi connectivity index (χ0v) is 10.9. The van der Waals surface area contributed by atoms with Crippen molar-refractivity contribution in [2.75, 3.05) is 6.54 Å². The summed E-state index contributed by atoms with van der Waals surface area (Å²) in [7, 11) is 0. The fourth-order valence-electron chi connectivity index (χ4n) is 2.81. The molecule has 0 aromatic carbocycles. The average Bonchev–Trinajstić information content (AvgIpc) is 2.33. The minimum Gasteiger partial charge on any atom is -0.480 e. The van der Waals surface area contributed by atoms with Crippen LogP contribution in [0.2, 0.25) is 0 Å².